The lowest BCUT2D eigenvalue weighted by molar-refractivity contribution is -0.121. The largest absolute Gasteiger partial charge is 0.348 e. The number of nitrogens with zero attached hydrogens (tertiary/aromatic N) is 1. The predicted octanol–water partition coefficient (Wildman–Crippen LogP) is 2.87. The lowest BCUT2D eigenvalue weighted by atomic mass is 9.96. The quantitative estimate of drug-likeness (QED) is 0.763. The van der Waals surface area contributed by atoms with Crippen molar-refractivity contribution in [3.05, 3.63) is 50.6 Å². The summed E-state index contributed by atoms with van der Waals surface area (Å²) in [5.74, 6) is -0.506. The molecule has 1 aromatic heterocycles. The molecule has 2 atom stereocenters. The van der Waals surface area contributed by atoms with Crippen molar-refractivity contribution >= 4 is 50.7 Å². The zero-order chi connectivity index (χ0) is 18.3. The van der Waals surface area contributed by atoms with Crippen LogP contribution in [0, 0.1) is 0 Å². The fraction of sp³-hybridized carbons (Fsp3) is 0.278. The lowest BCUT2D eigenvalue weighted by Crippen LogP contribution is -2.54. The summed E-state index contributed by atoms with van der Waals surface area (Å²) in [4.78, 5) is 40.1. The van der Waals surface area contributed by atoms with Crippen LogP contribution in [0.25, 0.3) is 0 Å². The van der Waals surface area contributed by atoms with Gasteiger partial charge in [-0.05, 0) is 42.5 Å². The molecule has 2 N–H and O–H groups in total. The van der Waals surface area contributed by atoms with Gasteiger partial charge >= 0.3 is 0 Å². The van der Waals surface area contributed by atoms with E-state index in [-0.39, 0.29) is 23.8 Å². The summed E-state index contributed by atoms with van der Waals surface area (Å²) in [5.41, 5.74) is 1.01. The minimum Gasteiger partial charge on any atom is -0.348 e. The first-order valence-electron chi connectivity index (χ1n) is 8.28. The molecule has 2 aliphatic heterocycles. The van der Waals surface area contributed by atoms with Crippen molar-refractivity contribution in [3.63, 3.8) is 0 Å². The molecule has 0 unspecified atom stereocenters. The van der Waals surface area contributed by atoms with E-state index in [0.29, 0.717) is 35.5 Å². The average Bonchev–Trinajstić information content (AvgIpc) is 3.14. The molecule has 0 bridgehead atoms. The van der Waals surface area contributed by atoms with E-state index in [1.165, 1.54) is 11.3 Å². The van der Waals surface area contributed by atoms with E-state index < -0.39 is 6.04 Å². The minimum atomic E-state index is -0.587. The number of anilines is 1. The molecule has 0 aliphatic carbocycles. The molecule has 1 aromatic carbocycles. The number of piperidine rings is 1. The van der Waals surface area contributed by atoms with E-state index in [0.717, 1.165) is 4.47 Å². The Bertz CT molecular complexity index is 884. The number of amides is 3. The number of carbonyl (C=O) groups is 3. The third-order valence-electron chi connectivity index (χ3n) is 4.72. The molecule has 2 aliphatic rings. The smallest absolute Gasteiger partial charge is 0.261 e. The number of carbonyl (C=O) groups excluding carboxylic acids is 3. The van der Waals surface area contributed by atoms with E-state index in [1.807, 2.05) is 11.4 Å². The van der Waals surface area contributed by atoms with Crippen molar-refractivity contribution in [1.29, 1.82) is 0 Å². The van der Waals surface area contributed by atoms with Gasteiger partial charge in [-0.3, -0.25) is 14.4 Å². The van der Waals surface area contributed by atoms with Crippen LogP contribution in [0.3, 0.4) is 0 Å². The predicted molar refractivity (Wildman–Crippen MR) is 102 cm³/mol. The number of nitrogens with one attached hydrogen (secondary N) is 2. The van der Waals surface area contributed by atoms with E-state index in [2.05, 4.69) is 26.6 Å². The summed E-state index contributed by atoms with van der Waals surface area (Å²) in [6.45, 7) is 0.429. The Morgan fingerprint density at radius 2 is 2.15 bits per heavy atom. The van der Waals surface area contributed by atoms with Gasteiger partial charge in [0.25, 0.3) is 11.8 Å². The van der Waals surface area contributed by atoms with Gasteiger partial charge in [-0.25, -0.2) is 0 Å². The molecule has 134 valence electrons. The molecule has 26 heavy (non-hydrogen) atoms. The van der Waals surface area contributed by atoms with Crippen molar-refractivity contribution in [1.82, 2.24) is 10.2 Å². The SMILES string of the molecule is O=C(N[C@@H]1CCN2C(=O)c3cc(Br)ccc3NC(=O)[C@@H]2C1)c1cccs1. The fourth-order valence-corrected chi connectivity index (χ4v) is 4.41. The number of benzene rings is 1. The van der Waals surface area contributed by atoms with Gasteiger partial charge in [-0.2, -0.15) is 0 Å². The summed E-state index contributed by atoms with van der Waals surface area (Å²) < 4.78 is 0.787. The maximum atomic E-state index is 12.9. The Labute approximate surface area is 162 Å². The van der Waals surface area contributed by atoms with E-state index in [4.69, 9.17) is 0 Å². The van der Waals surface area contributed by atoms with Crippen LogP contribution in [0.5, 0.6) is 0 Å². The third kappa shape index (κ3) is 3.14. The maximum absolute atomic E-state index is 12.9. The van der Waals surface area contributed by atoms with Crippen LogP contribution in [0.4, 0.5) is 5.69 Å². The van der Waals surface area contributed by atoms with Crippen molar-refractivity contribution in [3.8, 4) is 0 Å². The van der Waals surface area contributed by atoms with Crippen molar-refractivity contribution in [2.24, 2.45) is 0 Å². The molecule has 2 aromatic rings. The normalized spacial score (nSPS) is 22.1. The highest BCUT2D eigenvalue weighted by atomic mass is 79.9. The van der Waals surface area contributed by atoms with Gasteiger partial charge < -0.3 is 15.5 Å². The van der Waals surface area contributed by atoms with Crippen molar-refractivity contribution < 1.29 is 14.4 Å². The molecule has 6 nitrogen and oxygen atoms in total. The first-order chi connectivity index (χ1) is 12.5. The molecule has 3 amide bonds. The number of fused-ring (bicyclic) bond motifs is 2. The zero-order valence-electron chi connectivity index (χ0n) is 13.7. The molecular weight excluding hydrogens is 418 g/mol. The summed E-state index contributed by atoms with van der Waals surface area (Å²) in [7, 11) is 0. The van der Waals surface area contributed by atoms with Gasteiger partial charge in [0.2, 0.25) is 5.91 Å². The standard InChI is InChI=1S/C18H16BrN3O3S/c19-10-3-4-13-12(8-10)18(25)22-6-5-11(9-14(22)16(23)21-13)20-17(24)15-2-1-7-26-15/h1-4,7-8,11,14H,5-6,9H2,(H,20,24)(H,21,23)/t11-,14+/m1/s1. The second-order valence-corrected chi connectivity index (χ2v) is 8.23. The third-order valence-corrected chi connectivity index (χ3v) is 6.08. The number of hydrogen-bond acceptors (Lipinski definition) is 4. The summed E-state index contributed by atoms with van der Waals surface area (Å²) in [6, 6.07) is 8.11. The number of hydrogen-bond donors (Lipinski definition) is 2. The Morgan fingerprint density at radius 3 is 2.92 bits per heavy atom. The number of rotatable bonds is 2. The second-order valence-electron chi connectivity index (χ2n) is 6.37. The van der Waals surface area contributed by atoms with Crippen LogP contribution in [0.15, 0.2) is 40.2 Å². The van der Waals surface area contributed by atoms with Crippen LogP contribution in [0.1, 0.15) is 32.9 Å². The van der Waals surface area contributed by atoms with Crippen LogP contribution in [-0.4, -0.2) is 41.2 Å². The van der Waals surface area contributed by atoms with Gasteiger partial charge in [0.05, 0.1) is 16.1 Å². The monoisotopic (exact) mass is 433 g/mol. The first-order valence-corrected chi connectivity index (χ1v) is 9.96. The van der Waals surface area contributed by atoms with E-state index >= 15 is 0 Å². The molecule has 1 saturated heterocycles. The Kier molecular flexibility index (Phi) is 4.54. The maximum Gasteiger partial charge on any atom is 0.261 e. The van der Waals surface area contributed by atoms with Crippen molar-refractivity contribution in [2.45, 2.75) is 24.9 Å². The first kappa shape index (κ1) is 17.2. The van der Waals surface area contributed by atoms with Gasteiger partial charge in [0.15, 0.2) is 0 Å². The lowest BCUT2D eigenvalue weighted by Gasteiger charge is -2.37. The highest BCUT2D eigenvalue weighted by Crippen LogP contribution is 2.30. The highest BCUT2D eigenvalue weighted by Gasteiger charge is 2.40. The molecule has 1 fully saturated rings. The average molecular weight is 434 g/mol. The highest BCUT2D eigenvalue weighted by molar-refractivity contribution is 9.10. The molecule has 3 heterocycles. The van der Waals surface area contributed by atoms with Gasteiger partial charge in [0, 0.05) is 17.1 Å². The minimum absolute atomic E-state index is 0.133. The van der Waals surface area contributed by atoms with E-state index in [9.17, 15) is 14.4 Å². The Balaban J connectivity index is 1.54. The van der Waals surface area contributed by atoms with Crippen LogP contribution >= 0.6 is 27.3 Å². The van der Waals surface area contributed by atoms with Gasteiger partial charge in [-0.15, -0.1) is 11.3 Å². The van der Waals surface area contributed by atoms with Crippen LogP contribution in [0.2, 0.25) is 0 Å². The van der Waals surface area contributed by atoms with Crippen molar-refractivity contribution in [2.75, 3.05) is 11.9 Å². The number of halogens is 1. The summed E-state index contributed by atoms with van der Waals surface area (Å²) in [5, 5.41) is 7.69. The zero-order valence-corrected chi connectivity index (χ0v) is 16.1. The Morgan fingerprint density at radius 1 is 1.31 bits per heavy atom. The second kappa shape index (κ2) is 6.85. The molecule has 0 saturated carbocycles. The molecule has 8 heteroatoms. The number of thiophene rings is 1. The van der Waals surface area contributed by atoms with Crippen LogP contribution < -0.4 is 10.6 Å². The molecule has 0 spiro atoms. The van der Waals surface area contributed by atoms with E-state index in [1.54, 1.807) is 29.2 Å². The molecule has 0 radical (unpaired) electrons. The molecule has 4 rings (SSSR count). The summed E-state index contributed by atoms with van der Waals surface area (Å²) in [6.07, 6.45) is 1.03. The fourth-order valence-electron chi connectivity index (χ4n) is 3.43. The topological polar surface area (TPSA) is 78.5 Å². The van der Waals surface area contributed by atoms with Crippen LogP contribution in [-0.2, 0) is 4.79 Å². The molecular formula is C18H16BrN3O3S. The summed E-state index contributed by atoms with van der Waals surface area (Å²) >= 11 is 4.75. The van der Waals surface area contributed by atoms with Gasteiger partial charge in [-0.1, -0.05) is 22.0 Å². The Hall–Kier alpha value is -2.19. The van der Waals surface area contributed by atoms with Gasteiger partial charge in [0.1, 0.15) is 6.04 Å².